The molecule has 1 aliphatic rings. The number of aromatic nitrogens is 1. The Hall–Kier alpha value is -1.18. The van der Waals surface area contributed by atoms with Gasteiger partial charge < -0.3 is 5.43 Å². The van der Waals surface area contributed by atoms with Gasteiger partial charge in [0.2, 0.25) is 10.0 Å². The van der Waals surface area contributed by atoms with Crippen molar-refractivity contribution in [2.75, 3.05) is 12.0 Å². The van der Waals surface area contributed by atoms with E-state index in [0.29, 0.717) is 6.54 Å². The Morgan fingerprint density at radius 2 is 2.25 bits per heavy atom. The summed E-state index contributed by atoms with van der Waals surface area (Å²) in [6, 6.07) is 3.23. The van der Waals surface area contributed by atoms with Gasteiger partial charge in [-0.05, 0) is 31.4 Å². The highest BCUT2D eigenvalue weighted by molar-refractivity contribution is 7.89. The molecule has 1 aromatic rings. The van der Waals surface area contributed by atoms with E-state index < -0.39 is 10.0 Å². The van der Waals surface area contributed by atoms with Gasteiger partial charge in [-0.3, -0.25) is 0 Å². The summed E-state index contributed by atoms with van der Waals surface area (Å²) in [6.07, 6.45) is 6.33. The molecule has 0 saturated carbocycles. The molecule has 1 aliphatic heterocycles. The maximum Gasteiger partial charge on any atom is 0.247 e. The van der Waals surface area contributed by atoms with Crippen LogP contribution in [0.25, 0.3) is 0 Å². The largest absolute Gasteiger partial charge is 0.307 e. The van der Waals surface area contributed by atoms with Gasteiger partial charge in [0.25, 0.3) is 0 Å². The lowest BCUT2D eigenvalue weighted by molar-refractivity contribution is 0.315. The minimum absolute atomic E-state index is 0.0633. The highest BCUT2D eigenvalue weighted by Crippen LogP contribution is 2.28. The SMILES string of the molecule is CCC1CCCCCN1S(=O)(=O)c1cccnc1NN. The number of nitrogens with one attached hydrogen (secondary N) is 1. The molecular weight excluding hydrogens is 276 g/mol. The van der Waals surface area contributed by atoms with Crippen molar-refractivity contribution in [2.24, 2.45) is 5.84 Å². The molecule has 0 radical (unpaired) electrons. The Balaban J connectivity index is 2.41. The van der Waals surface area contributed by atoms with Crippen molar-refractivity contribution in [1.82, 2.24) is 9.29 Å². The Bertz CT molecular complexity index is 547. The fourth-order valence-electron chi connectivity index (χ4n) is 2.71. The average Bonchev–Trinajstić information content (AvgIpc) is 2.72. The highest BCUT2D eigenvalue weighted by Gasteiger charge is 2.33. The van der Waals surface area contributed by atoms with Crippen LogP contribution in [0.3, 0.4) is 0 Å². The van der Waals surface area contributed by atoms with Gasteiger partial charge in [0.15, 0.2) is 5.82 Å². The van der Waals surface area contributed by atoms with E-state index in [4.69, 9.17) is 5.84 Å². The fourth-order valence-corrected chi connectivity index (χ4v) is 4.58. The van der Waals surface area contributed by atoms with Gasteiger partial charge in [-0.2, -0.15) is 4.31 Å². The van der Waals surface area contributed by atoms with Crippen LogP contribution in [0.5, 0.6) is 0 Å². The van der Waals surface area contributed by atoms with Crippen LogP contribution in [0, 0.1) is 0 Å². The molecule has 6 nitrogen and oxygen atoms in total. The van der Waals surface area contributed by atoms with E-state index in [1.807, 2.05) is 6.92 Å². The number of nitrogen functional groups attached to an aromatic ring is 1. The topological polar surface area (TPSA) is 88.3 Å². The molecule has 1 fully saturated rings. The Morgan fingerprint density at radius 3 is 2.95 bits per heavy atom. The monoisotopic (exact) mass is 298 g/mol. The van der Waals surface area contributed by atoms with Gasteiger partial charge in [0.05, 0.1) is 0 Å². The zero-order valence-corrected chi connectivity index (χ0v) is 12.6. The van der Waals surface area contributed by atoms with Gasteiger partial charge in [0.1, 0.15) is 4.90 Å². The second-order valence-electron chi connectivity index (χ2n) is 5.02. The summed E-state index contributed by atoms with van der Waals surface area (Å²) in [5.41, 5.74) is 2.37. The van der Waals surface area contributed by atoms with Crippen molar-refractivity contribution < 1.29 is 8.42 Å². The van der Waals surface area contributed by atoms with Gasteiger partial charge in [-0.1, -0.05) is 19.8 Å². The second-order valence-corrected chi connectivity index (χ2v) is 6.88. The van der Waals surface area contributed by atoms with E-state index in [2.05, 4.69) is 10.4 Å². The summed E-state index contributed by atoms with van der Waals surface area (Å²) in [7, 11) is -3.56. The molecule has 1 atom stereocenters. The summed E-state index contributed by atoms with van der Waals surface area (Å²) in [4.78, 5) is 4.15. The van der Waals surface area contributed by atoms with Crippen LogP contribution >= 0.6 is 0 Å². The van der Waals surface area contributed by atoms with Gasteiger partial charge >= 0.3 is 0 Å². The van der Waals surface area contributed by atoms with Crippen LogP contribution in [-0.2, 0) is 10.0 Å². The van der Waals surface area contributed by atoms with Crippen molar-refractivity contribution in [1.29, 1.82) is 0 Å². The fraction of sp³-hybridized carbons (Fsp3) is 0.615. The standard InChI is InChI=1S/C13H22N4O2S/c1-2-11-7-4-3-5-10-17(11)20(18,19)12-8-6-9-15-13(12)16-14/h6,8-9,11H,2-5,7,10,14H2,1H3,(H,15,16). The first-order valence-corrected chi connectivity index (χ1v) is 8.48. The number of nitrogens with zero attached hydrogens (tertiary/aromatic N) is 2. The maximum absolute atomic E-state index is 12.9. The quantitative estimate of drug-likeness (QED) is 0.652. The molecule has 3 N–H and O–H groups in total. The first-order valence-electron chi connectivity index (χ1n) is 7.04. The highest BCUT2D eigenvalue weighted by atomic mass is 32.2. The van der Waals surface area contributed by atoms with E-state index in [1.54, 1.807) is 16.4 Å². The predicted octanol–water partition coefficient (Wildman–Crippen LogP) is 1.71. The number of pyridine rings is 1. The van der Waals surface area contributed by atoms with Crippen LogP contribution in [0.1, 0.15) is 39.0 Å². The Kier molecular flexibility index (Phi) is 4.95. The summed E-state index contributed by atoms with van der Waals surface area (Å²) < 4.78 is 27.4. The van der Waals surface area contributed by atoms with Crippen LogP contribution in [0.15, 0.2) is 23.2 Å². The van der Waals surface area contributed by atoms with E-state index in [9.17, 15) is 8.42 Å². The second kappa shape index (κ2) is 6.51. The normalized spacial score (nSPS) is 21.4. The molecule has 7 heteroatoms. The zero-order chi connectivity index (χ0) is 14.6. The summed E-state index contributed by atoms with van der Waals surface area (Å²) >= 11 is 0. The molecule has 1 unspecified atom stereocenters. The van der Waals surface area contributed by atoms with E-state index >= 15 is 0 Å². The van der Waals surface area contributed by atoms with Crippen LogP contribution < -0.4 is 11.3 Å². The predicted molar refractivity (Wildman–Crippen MR) is 78.5 cm³/mol. The van der Waals surface area contributed by atoms with Gasteiger partial charge in [-0.25, -0.2) is 19.2 Å². The maximum atomic E-state index is 12.9. The number of rotatable bonds is 4. The molecule has 1 aromatic heterocycles. The summed E-state index contributed by atoms with van der Waals surface area (Å²) in [6.45, 7) is 2.60. The molecule has 112 valence electrons. The molecule has 2 rings (SSSR count). The molecule has 0 aliphatic carbocycles. The minimum atomic E-state index is -3.56. The molecule has 0 spiro atoms. The molecule has 0 aromatic carbocycles. The first kappa shape index (κ1) is 15.2. The van der Waals surface area contributed by atoms with Crippen molar-refractivity contribution in [3.63, 3.8) is 0 Å². The van der Waals surface area contributed by atoms with E-state index in [-0.39, 0.29) is 16.8 Å². The number of nitrogens with two attached hydrogens (primary N) is 1. The van der Waals surface area contributed by atoms with Crippen LogP contribution in [-0.4, -0.2) is 30.3 Å². The number of anilines is 1. The van der Waals surface area contributed by atoms with Crippen LogP contribution in [0.4, 0.5) is 5.82 Å². The summed E-state index contributed by atoms with van der Waals surface area (Å²) in [5.74, 6) is 5.58. The molecule has 20 heavy (non-hydrogen) atoms. The van der Waals surface area contributed by atoms with Crippen molar-refractivity contribution >= 4 is 15.8 Å². The number of hydrazine groups is 1. The molecule has 0 amide bonds. The number of sulfonamides is 1. The molecule has 1 saturated heterocycles. The average molecular weight is 298 g/mol. The van der Waals surface area contributed by atoms with Crippen molar-refractivity contribution in [3.8, 4) is 0 Å². The third-order valence-corrected chi connectivity index (χ3v) is 5.77. The minimum Gasteiger partial charge on any atom is -0.307 e. The smallest absolute Gasteiger partial charge is 0.247 e. The van der Waals surface area contributed by atoms with Gasteiger partial charge in [-0.15, -0.1) is 0 Å². The molecular formula is C13H22N4O2S. The first-order chi connectivity index (χ1) is 9.61. The third-order valence-electron chi connectivity index (χ3n) is 3.79. The lowest BCUT2D eigenvalue weighted by atomic mass is 10.1. The lowest BCUT2D eigenvalue weighted by Crippen LogP contribution is -2.40. The Morgan fingerprint density at radius 1 is 1.45 bits per heavy atom. The molecule has 0 bridgehead atoms. The third kappa shape index (κ3) is 2.94. The Labute approximate surface area is 120 Å². The number of hydrogen-bond acceptors (Lipinski definition) is 5. The van der Waals surface area contributed by atoms with Crippen molar-refractivity contribution in [3.05, 3.63) is 18.3 Å². The van der Waals surface area contributed by atoms with E-state index in [1.165, 1.54) is 6.20 Å². The lowest BCUT2D eigenvalue weighted by Gasteiger charge is -2.28. The zero-order valence-electron chi connectivity index (χ0n) is 11.7. The van der Waals surface area contributed by atoms with Crippen molar-refractivity contribution in [2.45, 2.75) is 50.0 Å². The number of hydrogen-bond donors (Lipinski definition) is 2. The van der Waals surface area contributed by atoms with E-state index in [0.717, 1.165) is 32.1 Å². The summed E-state index contributed by atoms with van der Waals surface area (Å²) in [5, 5.41) is 0. The van der Waals surface area contributed by atoms with Gasteiger partial charge in [0, 0.05) is 18.8 Å². The van der Waals surface area contributed by atoms with Crippen LogP contribution in [0.2, 0.25) is 0 Å². The molecule has 2 heterocycles.